The molecule has 1 N–H and O–H groups in total. The Hall–Kier alpha value is -0.870. The molecule has 1 heterocycles. The molecule has 0 unspecified atom stereocenters. The zero-order valence-electron chi connectivity index (χ0n) is 10.6. The van der Waals surface area contributed by atoms with Crippen LogP contribution in [0.3, 0.4) is 0 Å². The van der Waals surface area contributed by atoms with E-state index in [-0.39, 0.29) is 0 Å². The van der Waals surface area contributed by atoms with Crippen molar-refractivity contribution in [1.82, 2.24) is 9.80 Å². The van der Waals surface area contributed by atoms with Crippen molar-refractivity contribution in [3.8, 4) is 0 Å². The van der Waals surface area contributed by atoms with Crippen molar-refractivity contribution < 1.29 is 9.90 Å². The highest BCUT2D eigenvalue weighted by atomic mass is 16.4. The van der Waals surface area contributed by atoms with E-state index in [1.165, 1.54) is 12.8 Å². The van der Waals surface area contributed by atoms with Crippen LogP contribution in [-0.4, -0.2) is 59.6 Å². The summed E-state index contributed by atoms with van der Waals surface area (Å²) in [5.74, 6) is -0.774. The Labute approximate surface area is 103 Å². The molecule has 0 bridgehead atoms. The predicted octanol–water partition coefficient (Wildman–Crippen LogP) is 1.19. The highest BCUT2D eigenvalue weighted by molar-refractivity contribution is 5.86. The van der Waals surface area contributed by atoms with Crippen LogP contribution in [0, 0.1) is 0 Å². The maximum absolute atomic E-state index is 10.9. The first-order chi connectivity index (χ1) is 8.20. The third-order valence-corrected chi connectivity index (χ3v) is 3.72. The summed E-state index contributed by atoms with van der Waals surface area (Å²) in [6.45, 7) is 7.12. The number of hydrogen-bond acceptors (Lipinski definition) is 3. The summed E-state index contributed by atoms with van der Waals surface area (Å²) in [6, 6.07) is 0.859. The average Bonchev–Trinajstić information content (AvgIpc) is 3.14. The molecule has 4 nitrogen and oxygen atoms in total. The van der Waals surface area contributed by atoms with Crippen LogP contribution in [-0.2, 0) is 4.79 Å². The number of carboxylic acid groups (broad SMARTS) is 1. The summed E-state index contributed by atoms with van der Waals surface area (Å²) < 4.78 is 0. The fraction of sp³-hybridized carbons (Fsp3) is 0.769. The van der Waals surface area contributed by atoms with Gasteiger partial charge in [0.15, 0.2) is 0 Å². The van der Waals surface area contributed by atoms with E-state index in [1.807, 2.05) is 13.0 Å². The maximum atomic E-state index is 10.9. The molecule has 0 radical (unpaired) electrons. The molecule has 1 saturated heterocycles. The Morgan fingerprint density at radius 2 is 1.94 bits per heavy atom. The summed E-state index contributed by atoms with van der Waals surface area (Å²) in [7, 11) is 0. The van der Waals surface area contributed by atoms with Gasteiger partial charge in [0, 0.05) is 44.3 Å². The molecule has 0 aromatic rings. The van der Waals surface area contributed by atoms with Crippen molar-refractivity contribution in [3.63, 3.8) is 0 Å². The minimum Gasteiger partial charge on any atom is -0.478 e. The Kier molecular flexibility index (Phi) is 4.18. The predicted molar refractivity (Wildman–Crippen MR) is 67.0 cm³/mol. The summed E-state index contributed by atoms with van der Waals surface area (Å²) >= 11 is 0. The monoisotopic (exact) mass is 238 g/mol. The first kappa shape index (κ1) is 12.6. The van der Waals surface area contributed by atoms with Gasteiger partial charge in [0.25, 0.3) is 0 Å². The molecule has 1 aliphatic carbocycles. The number of carbonyl (C=O) groups is 1. The molecule has 0 spiro atoms. The third-order valence-electron chi connectivity index (χ3n) is 3.72. The molecule has 0 atom stereocenters. The molecule has 4 heteroatoms. The minimum atomic E-state index is -0.774. The first-order valence-corrected chi connectivity index (χ1v) is 6.59. The molecule has 2 rings (SSSR count). The van der Waals surface area contributed by atoms with E-state index in [0.717, 1.165) is 38.8 Å². The van der Waals surface area contributed by atoms with E-state index in [2.05, 4.69) is 9.80 Å². The second-order valence-electron chi connectivity index (χ2n) is 4.96. The number of carboxylic acids is 1. The normalized spacial score (nSPS) is 23.9. The SMILES string of the molecule is CCC(=CCN1CCN(C2CC2)CC1)C(=O)O. The molecule has 0 amide bonds. The largest absolute Gasteiger partial charge is 0.478 e. The number of hydrogen-bond donors (Lipinski definition) is 1. The molecule has 2 aliphatic rings. The lowest BCUT2D eigenvalue weighted by Crippen LogP contribution is -2.47. The van der Waals surface area contributed by atoms with Crippen molar-refractivity contribution >= 4 is 5.97 Å². The molecule has 1 saturated carbocycles. The highest BCUT2D eigenvalue weighted by Gasteiger charge is 2.30. The Morgan fingerprint density at radius 3 is 2.41 bits per heavy atom. The fourth-order valence-electron chi connectivity index (χ4n) is 2.37. The smallest absolute Gasteiger partial charge is 0.331 e. The van der Waals surface area contributed by atoms with Gasteiger partial charge in [0.2, 0.25) is 0 Å². The lowest BCUT2D eigenvalue weighted by molar-refractivity contribution is -0.132. The van der Waals surface area contributed by atoms with Crippen molar-refractivity contribution in [2.24, 2.45) is 0 Å². The van der Waals surface area contributed by atoms with Crippen molar-refractivity contribution in [1.29, 1.82) is 0 Å². The quantitative estimate of drug-likeness (QED) is 0.731. The van der Waals surface area contributed by atoms with Crippen molar-refractivity contribution in [2.75, 3.05) is 32.7 Å². The fourth-order valence-corrected chi connectivity index (χ4v) is 2.37. The van der Waals surface area contributed by atoms with Gasteiger partial charge in [-0.3, -0.25) is 9.80 Å². The average molecular weight is 238 g/mol. The van der Waals surface area contributed by atoms with Crippen LogP contribution in [0.15, 0.2) is 11.6 Å². The van der Waals surface area contributed by atoms with Crippen LogP contribution in [0.25, 0.3) is 0 Å². The van der Waals surface area contributed by atoms with E-state index >= 15 is 0 Å². The number of piperazine rings is 1. The van der Waals surface area contributed by atoms with Gasteiger partial charge in [0.1, 0.15) is 0 Å². The molecule has 0 aromatic heterocycles. The van der Waals surface area contributed by atoms with Crippen molar-refractivity contribution in [2.45, 2.75) is 32.2 Å². The molecule has 1 aliphatic heterocycles. The molecular formula is C13H22N2O2. The lowest BCUT2D eigenvalue weighted by atomic mass is 10.2. The molecule has 2 fully saturated rings. The van der Waals surface area contributed by atoms with Crippen LogP contribution in [0.4, 0.5) is 0 Å². The number of nitrogens with zero attached hydrogens (tertiary/aromatic N) is 2. The zero-order valence-corrected chi connectivity index (χ0v) is 10.6. The van der Waals surface area contributed by atoms with E-state index in [1.54, 1.807) is 0 Å². The summed E-state index contributed by atoms with van der Waals surface area (Å²) in [4.78, 5) is 15.8. The van der Waals surface area contributed by atoms with Crippen LogP contribution >= 0.6 is 0 Å². The lowest BCUT2D eigenvalue weighted by Gasteiger charge is -2.34. The summed E-state index contributed by atoms with van der Waals surface area (Å²) in [5.41, 5.74) is 0.537. The summed E-state index contributed by atoms with van der Waals surface area (Å²) in [6.07, 6.45) is 5.23. The standard InChI is InChI=1S/C13H22N2O2/c1-2-11(13(16)17)5-6-14-7-9-15(10-8-14)12-3-4-12/h5,12H,2-4,6-10H2,1H3,(H,16,17). The van der Waals surface area contributed by atoms with E-state index < -0.39 is 5.97 Å². The number of rotatable bonds is 5. The summed E-state index contributed by atoms with van der Waals surface area (Å²) in [5, 5.41) is 8.93. The third kappa shape index (κ3) is 3.54. The number of aliphatic carboxylic acids is 1. The van der Waals surface area contributed by atoms with Gasteiger partial charge in [-0.15, -0.1) is 0 Å². The van der Waals surface area contributed by atoms with Crippen LogP contribution < -0.4 is 0 Å². The highest BCUT2D eigenvalue weighted by Crippen LogP contribution is 2.27. The maximum Gasteiger partial charge on any atom is 0.331 e. The zero-order chi connectivity index (χ0) is 12.3. The van der Waals surface area contributed by atoms with Gasteiger partial charge < -0.3 is 5.11 Å². The van der Waals surface area contributed by atoms with Gasteiger partial charge in [-0.25, -0.2) is 4.79 Å². The van der Waals surface area contributed by atoms with Gasteiger partial charge >= 0.3 is 5.97 Å². The second-order valence-corrected chi connectivity index (χ2v) is 4.96. The van der Waals surface area contributed by atoms with Crippen LogP contribution in [0.5, 0.6) is 0 Å². The van der Waals surface area contributed by atoms with Crippen LogP contribution in [0.1, 0.15) is 26.2 Å². The molecule has 0 aromatic carbocycles. The van der Waals surface area contributed by atoms with E-state index in [4.69, 9.17) is 5.11 Å². The van der Waals surface area contributed by atoms with Gasteiger partial charge in [-0.2, -0.15) is 0 Å². The van der Waals surface area contributed by atoms with Gasteiger partial charge in [0.05, 0.1) is 0 Å². The minimum absolute atomic E-state index is 0.537. The Balaban J connectivity index is 1.75. The van der Waals surface area contributed by atoms with Crippen molar-refractivity contribution in [3.05, 3.63) is 11.6 Å². The molecule has 96 valence electrons. The van der Waals surface area contributed by atoms with Gasteiger partial charge in [-0.05, 0) is 19.3 Å². The van der Waals surface area contributed by atoms with Gasteiger partial charge in [-0.1, -0.05) is 13.0 Å². The second kappa shape index (κ2) is 5.65. The molecular weight excluding hydrogens is 216 g/mol. The Morgan fingerprint density at radius 1 is 1.29 bits per heavy atom. The Bertz CT molecular complexity index is 303. The topological polar surface area (TPSA) is 43.8 Å². The van der Waals surface area contributed by atoms with E-state index in [0.29, 0.717) is 12.0 Å². The molecule has 17 heavy (non-hydrogen) atoms. The van der Waals surface area contributed by atoms with Crippen LogP contribution in [0.2, 0.25) is 0 Å². The van der Waals surface area contributed by atoms with E-state index in [9.17, 15) is 4.79 Å². The first-order valence-electron chi connectivity index (χ1n) is 6.59.